The molecule has 1 N–H and O–H groups in total. The maximum absolute atomic E-state index is 12.4. The second kappa shape index (κ2) is 4.60. The summed E-state index contributed by atoms with van der Waals surface area (Å²) in [6.45, 7) is 3.13. The quantitative estimate of drug-likeness (QED) is 0.894. The molecular formula is C10H10F3NO3. The van der Waals surface area contributed by atoms with Crippen LogP contribution in [0.2, 0.25) is 0 Å². The van der Waals surface area contributed by atoms with Gasteiger partial charge in [0, 0.05) is 0 Å². The van der Waals surface area contributed by atoms with Crippen LogP contribution in [0.25, 0.3) is 0 Å². The number of rotatable bonds is 3. The summed E-state index contributed by atoms with van der Waals surface area (Å²) < 4.78 is 42.1. The van der Waals surface area contributed by atoms with Crippen molar-refractivity contribution in [2.75, 3.05) is 0 Å². The number of carbonyl (C=O) groups is 1. The zero-order valence-electron chi connectivity index (χ0n) is 9.08. The van der Waals surface area contributed by atoms with Crippen LogP contribution in [0.4, 0.5) is 13.2 Å². The number of carboxylic acid groups (broad SMARTS) is 1. The second-order valence-corrected chi connectivity index (χ2v) is 3.52. The highest BCUT2D eigenvalue weighted by Crippen LogP contribution is 2.30. The lowest BCUT2D eigenvalue weighted by Crippen LogP contribution is -2.15. The van der Waals surface area contributed by atoms with Gasteiger partial charge in [-0.15, -0.1) is 0 Å². The van der Waals surface area contributed by atoms with Crippen molar-refractivity contribution in [1.29, 1.82) is 0 Å². The lowest BCUT2D eigenvalue weighted by Gasteiger charge is -2.13. The Bertz CT molecular complexity index is 429. The van der Waals surface area contributed by atoms with Gasteiger partial charge >= 0.3 is 12.1 Å². The Hall–Kier alpha value is -1.79. The van der Waals surface area contributed by atoms with Gasteiger partial charge in [0.1, 0.15) is 11.3 Å². The molecule has 0 bridgehead atoms. The fourth-order valence-corrected chi connectivity index (χ4v) is 1.07. The fourth-order valence-electron chi connectivity index (χ4n) is 1.07. The van der Waals surface area contributed by atoms with Crippen LogP contribution >= 0.6 is 0 Å². The van der Waals surface area contributed by atoms with Crippen molar-refractivity contribution < 1.29 is 27.8 Å². The first kappa shape index (κ1) is 13.3. The number of aromatic carboxylic acids is 1. The number of nitrogens with zero attached hydrogens (tertiary/aromatic N) is 1. The van der Waals surface area contributed by atoms with Gasteiger partial charge in [-0.3, -0.25) is 0 Å². The summed E-state index contributed by atoms with van der Waals surface area (Å²) in [6, 6.07) is 1.44. The molecule has 0 amide bonds. The molecule has 0 aliphatic carbocycles. The molecule has 17 heavy (non-hydrogen) atoms. The maximum atomic E-state index is 12.4. The predicted octanol–water partition coefficient (Wildman–Crippen LogP) is 2.59. The van der Waals surface area contributed by atoms with Gasteiger partial charge in [0.25, 0.3) is 0 Å². The van der Waals surface area contributed by atoms with E-state index >= 15 is 0 Å². The SMILES string of the molecule is CC(C)Oc1nc(C(F)(F)F)ccc1C(=O)O. The average molecular weight is 249 g/mol. The van der Waals surface area contributed by atoms with E-state index in [0.717, 1.165) is 6.07 Å². The van der Waals surface area contributed by atoms with E-state index in [-0.39, 0.29) is 0 Å². The number of aromatic nitrogens is 1. The van der Waals surface area contributed by atoms with Crippen molar-refractivity contribution in [1.82, 2.24) is 4.98 Å². The van der Waals surface area contributed by atoms with Crippen LogP contribution in [0.5, 0.6) is 5.88 Å². The summed E-state index contributed by atoms with van der Waals surface area (Å²) >= 11 is 0. The third kappa shape index (κ3) is 3.33. The van der Waals surface area contributed by atoms with Gasteiger partial charge in [-0.1, -0.05) is 0 Å². The number of hydrogen-bond donors (Lipinski definition) is 1. The average Bonchev–Trinajstić information content (AvgIpc) is 2.14. The minimum absolute atomic E-state index is 0.397. The Labute approximate surface area is 95.0 Å². The Morgan fingerprint density at radius 1 is 1.41 bits per heavy atom. The maximum Gasteiger partial charge on any atom is 0.433 e. The first-order chi connectivity index (χ1) is 7.71. The molecule has 0 spiro atoms. The summed E-state index contributed by atoms with van der Waals surface area (Å²) in [4.78, 5) is 13.9. The Balaban J connectivity index is 3.24. The topological polar surface area (TPSA) is 59.4 Å². The second-order valence-electron chi connectivity index (χ2n) is 3.52. The predicted molar refractivity (Wildman–Crippen MR) is 52.0 cm³/mol. The summed E-state index contributed by atoms with van der Waals surface area (Å²) in [5, 5.41) is 8.77. The molecule has 0 aromatic carbocycles. The van der Waals surface area contributed by atoms with Crippen LogP contribution in [0, 0.1) is 0 Å². The summed E-state index contributed by atoms with van der Waals surface area (Å²) in [6.07, 6.45) is -5.10. The minimum Gasteiger partial charge on any atom is -0.477 e. The third-order valence-corrected chi connectivity index (χ3v) is 1.73. The summed E-state index contributed by atoms with van der Waals surface area (Å²) in [5.41, 5.74) is -1.58. The normalized spacial score (nSPS) is 11.6. The monoisotopic (exact) mass is 249 g/mol. The van der Waals surface area contributed by atoms with Crippen molar-refractivity contribution in [2.24, 2.45) is 0 Å². The zero-order valence-corrected chi connectivity index (χ0v) is 9.08. The standard InChI is InChI=1S/C10H10F3NO3/c1-5(2)17-8-6(9(15)16)3-4-7(14-8)10(11,12)13/h3-5H,1-2H3,(H,15,16). The highest BCUT2D eigenvalue weighted by Gasteiger charge is 2.34. The van der Waals surface area contributed by atoms with Crippen LogP contribution in [0.3, 0.4) is 0 Å². The molecule has 1 rings (SSSR count). The van der Waals surface area contributed by atoms with E-state index in [1.165, 1.54) is 0 Å². The molecule has 0 unspecified atom stereocenters. The van der Waals surface area contributed by atoms with Gasteiger partial charge < -0.3 is 9.84 Å². The largest absolute Gasteiger partial charge is 0.477 e. The number of halogens is 3. The Morgan fingerprint density at radius 3 is 2.41 bits per heavy atom. The van der Waals surface area contributed by atoms with Crippen LogP contribution < -0.4 is 4.74 Å². The smallest absolute Gasteiger partial charge is 0.433 e. The van der Waals surface area contributed by atoms with Crippen LogP contribution in [-0.2, 0) is 6.18 Å². The van der Waals surface area contributed by atoms with E-state index in [9.17, 15) is 18.0 Å². The molecule has 0 saturated carbocycles. The Morgan fingerprint density at radius 2 is 2.00 bits per heavy atom. The number of ether oxygens (including phenoxy) is 1. The molecule has 4 nitrogen and oxygen atoms in total. The van der Waals surface area contributed by atoms with E-state index in [2.05, 4.69) is 4.98 Å². The van der Waals surface area contributed by atoms with Crippen molar-refractivity contribution in [3.8, 4) is 5.88 Å². The molecule has 94 valence electrons. The van der Waals surface area contributed by atoms with Crippen LogP contribution in [0.15, 0.2) is 12.1 Å². The van der Waals surface area contributed by atoms with Gasteiger partial charge in [0.15, 0.2) is 0 Å². The van der Waals surface area contributed by atoms with E-state index in [0.29, 0.717) is 6.07 Å². The lowest BCUT2D eigenvalue weighted by atomic mass is 10.2. The van der Waals surface area contributed by atoms with E-state index in [1.54, 1.807) is 13.8 Å². The molecule has 1 aromatic rings. The molecule has 0 aliphatic rings. The van der Waals surface area contributed by atoms with Gasteiger partial charge in [0.2, 0.25) is 5.88 Å². The molecule has 7 heteroatoms. The van der Waals surface area contributed by atoms with Crippen molar-refractivity contribution in [3.63, 3.8) is 0 Å². The van der Waals surface area contributed by atoms with E-state index in [4.69, 9.17) is 9.84 Å². The van der Waals surface area contributed by atoms with Gasteiger partial charge in [-0.05, 0) is 26.0 Å². The highest BCUT2D eigenvalue weighted by atomic mass is 19.4. The molecule has 0 radical (unpaired) electrons. The molecule has 0 saturated heterocycles. The highest BCUT2D eigenvalue weighted by molar-refractivity contribution is 5.90. The van der Waals surface area contributed by atoms with E-state index < -0.39 is 35.4 Å². The van der Waals surface area contributed by atoms with Gasteiger partial charge in [0.05, 0.1) is 6.10 Å². The van der Waals surface area contributed by atoms with E-state index in [1.807, 2.05) is 0 Å². The van der Waals surface area contributed by atoms with Crippen molar-refractivity contribution in [2.45, 2.75) is 26.1 Å². The molecule has 0 aliphatic heterocycles. The van der Waals surface area contributed by atoms with Crippen LogP contribution in [0.1, 0.15) is 29.9 Å². The van der Waals surface area contributed by atoms with Crippen molar-refractivity contribution >= 4 is 5.97 Å². The molecule has 1 aromatic heterocycles. The van der Waals surface area contributed by atoms with Gasteiger partial charge in [-0.25, -0.2) is 9.78 Å². The summed E-state index contributed by atoms with van der Waals surface area (Å²) in [7, 11) is 0. The van der Waals surface area contributed by atoms with Crippen LogP contribution in [-0.4, -0.2) is 22.2 Å². The molecule has 0 atom stereocenters. The number of hydrogen-bond acceptors (Lipinski definition) is 3. The van der Waals surface area contributed by atoms with Crippen molar-refractivity contribution in [3.05, 3.63) is 23.4 Å². The lowest BCUT2D eigenvalue weighted by molar-refractivity contribution is -0.141. The zero-order chi connectivity index (χ0) is 13.2. The number of carboxylic acids is 1. The number of pyridine rings is 1. The molecule has 0 fully saturated rings. The fraction of sp³-hybridized carbons (Fsp3) is 0.400. The first-order valence-electron chi connectivity index (χ1n) is 4.70. The Kier molecular flexibility index (Phi) is 3.59. The summed E-state index contributed by atoms with van der Waals surface area (Å²) in [5.74, 6) is -1.91. The minimum atomic E-state index is -4.63. The molecule has 1 heterocycles. The third-order valence-electron chi connectivity index (χ3n) is 1.73. The first-order valence-corrected chi connectivity index (χ1v) is 4.70. The molecular weight excluding hydrogens is 239 g/mol. The number of alkyl halides is 3. The van der Waals surface area contributed by atoms with Gasteiger partial charge in [-0.2, -0.15) is 13.2 Å².